The number of carbonyl (C=O) groups excluding carboxylic acids is 1. The molecule has 1 heterocycles. The normalized spacial score (nSPS) is 18.1. The molecule has 19 heavy (non-hydrogen) atoms. The fraction of sp³-hybridized carbons (Fsp3) is 0.714. The fourth-order valence-electron chi connectivity index (χ4n) is 2.23. The lowest BCUT2D eigenvalue weighted by atomic mass is 9.86. The summed E-state index contributed by atoms with van der Waals surface area (Å²) in [5.74, 6) is -1.23. The fourth-order valence-corrected chi connectivity index (χ4v) is 2.23. The maximum absolute atomic E-state index is 12.0. The molecule has 1 aliphatic rings. The summed E-state index contributed by atoms with van der Waals surface area (Å²) in [5.41, 5.74) is -0.498. The Bertz CT molecular complexity index is 367. The molecule has 1 unspecified atom stereocenters. The van der Waals surface area contributed by atoms with Gasteiger partial charge in [0.15, 0.2) is 0 Å². The minimum Gasteiger partial charge on any atom is -0.480 e. The number of rotatable bonds is 5. The molecule has 5 nitrogen and oxygen atoms in total. The van der Waals surface area contributed by atoms with Gasteiger partial charge in [-0.05, 0) is 24.9 Å². The van der Waals surface area contributed by atoms with Crippen LogP contribution in [0, 0.1) is 5.41 Å². The largest absolute Gasteiger partial charge is 0.480 e. The highest BCUT2D eigenvalue weighted by Gasteiger charge is 2.36. The molecule has 5 heteroatoms. The monoisotopic (exact) mass is 268 g/mol. The lowest BCUT2D eigenvalue weighted by Gasteiger charge is -2.34. The number of nitrogens with zero attached hydrogens (tertiary/aromatic N) is 2. The number of carboxylic acid groups (broad SMARTS) is 1. The van der Waals surface area contributed by atoms with Gasteiger partial charge in [0.05, 0.1) is 0 Å². The van der Waals surface area contributed by atoms with Crippen LogP contribution in [0.5, 0.6) is 0 Å². The van der Waals surface area contributed by atoms with Crippen molar-refractivity contribution in [3.63, 3.8) is 0 Å². The smallest absolute Gasteiger partial charge is 0.326 e. The van der Waals surface area contributed by atoms with Crippen LogP contribution >= 0.6 is 0 Å². The number of hydrogen-bond acceptors (Lipinski definition) is 3. The van der Waals surface area contributed by atoms with Gasteiger partial charge in [-0.2, -0.15) is 0 Å². The quantitative estimate of drug-likeness (QED) is 0.761. The molecule has 1 amide bonds. The zero-order chi connectivity index (χ0) is 14.6. The van der Waals surface area contributed by atoms with Crippen LogP contribution in [0.1, 0.15) is 27.2 Å². The summed E-state index contributed by atoms with van der Waals surface area (Å²) in [6.07, 6.45) is 4.49. The Kier molecular flexibility index (Phi) is 5.11. The maximum Gasteiger partial charge on any atom is 0.326 e. The number of aliphatic carboxylic acids is 1. The molecule has 0 aromatic rings. The first-order chi connectivity index (χ1) is 8.73. The van der Waals surface area contributed by atoms with Crippen molar-refractivity contribution in [3.8, 4) is 0 Å². The summed E-state index contributed by atoms with van der Waals surface area (Å²) >= 11 is 0. The van der Waals surface area contributed by atoms with Gasteiger partial charge in [0.25, 0.3) is 0 Å². The molecule has 1 aliphatic heterocycles. The summed E-state index contributed by atoms with van der Waals surface area (Å²) in [4.78, 5) is 26.8. The molecular weight excluding hydrogens is 244 g/mol. The number of likely N-dealkylation sites (N-methyl/N-ethyl adjacent to an activating group) is 1. The highest BCUT2D eigenvalue weighted by atomic mass is 16.4. The van der Waals surface area contributed by atoms with Crippen LogP contribution in [0.25, 0.3) is 0 Å². The molecule has 1 N–H and O–H groups in total. The average molecular weight is 268 g/mol. The third-order valence-electron chi connectivity index (χ3n) is 3.36. The van der Waals surface area contributed by atoms with Gasteiger partial charge in [-0.25, -0.2) is 4.79 Å². The van der Waals surface area contributed by atoms with Crippen LogP contribution < -0.4 is 0 Å². The SMILES string of the molecule is CN(C(=O)/C=C/CN1CCC1)C(C(=O)O)C(C)(C)C. The number of hydrogen-bond donors (Lipinski definition) is 1. The lowest BCUT2D eigenvalue weighted by molar-refractivity contribution is -0.152. The number of likely N-dealkylation sites (tertiary alicyclic amines) is 1. The van der Waals surface area contributed by atoms with Crippen molar-refractivity contribution in [1.29, 1.82) is 0 Å². The first-order valence-electron chi connectivity index (χ1n) is 6.62. The molecule has 0 aliphatic carbocycles. The summed E-state index contributed by atoms with van der Waals surface area (Å²) in [5, 5.41) is 9.26. The molecule has 0 bridgehead atoms. The van der Waals surface area contributed by atoms with E-state index in [1.807, 2.05) is 20.8 Å². The Hall–Kier alpha value is -1.36. The Morgan fingerprint density at radius 2 is 1.95 bits per heavy atom. The van der Waals surface area contributed by atoms with E-state index in [9.17, 15) is 14.7 Å². The average Bonchev–Trinajstić information content (AvgIpc) is 2.18. The van der Waals surface area contributed by atoms with Crippen molar-refractivity contribution in [2.45, 2.75) is 33.2 Å². The lowest BCUT2D eigenvalue weighted by Crippen LogP contribution is -2.49. The van der Waals surface area contributed by atoms with Gasteiger partial charge in [0.1, 0.15) is 6.04 Å². The molecule has 0 saturated carbocycles. The van der Waals surface area contributed by atoms with Crippen LogP contribution in [-0.4, -0.2) is 59.5 Å². The summed E-state index contributed by atoms with van der Waals surface area (Å²) in [6, 6.07) is -0.825. The van der Waals surface area contributed by atoms with E-state index in [1.54, 1.807) is 13.1 Å². The first kappa shape index (κ1) is 15.7. The minimum atomic E-state index is -0.973. The van der Waals surface area contributed by atoms with E-state index in [0.717, 1.165) is 19.6 Å². The van der Waals surface area contributed by atoms with E-state index in [4.69, 9.17) is 0 Å². The van der Waals surface area contributed by atoms with Crippen LogP contribution in [0.4, 0.5) is 0 Å². The molecular formula is C14H24N2O3. The Morgan fingerprint density at radius 3 is 2.32 bits per heavy atom. The van der Waals surface area contributed by atoms with Crippen molar-refractivity contribution in [3.05, 3.63) is 12.2 Å². The summed E-state index contributed by atoms with van der Waals surface area (Å²) in [6.45, 7) is 8.37. The van der Waals surface area contributed by atoms with Crippen molar-refractivity contribution >= 4 is 11.9 Å². The van der Waals surface area contributed by atoms with Gasteiger partial charge >= 0.3 is 5.97 Å². The van der Waals surface area contributed by atoms with Gasteiger partial charge in [-0.1, -0.05) is 26.8 Å². The predicted molar refractivity (Wildman–Crippen MR) is 73.8 cm³/mol. The Labute approximate surface area is 114 Å². The Balaban J connectivity index is 2.60. The van der Waals surface area contributed by atoms with Gasteiger partial charge in [-0.3, -0.25) is 9.69 Å². The second-order valence-corrected chi connectivity index (χ2v) is 6.11. The first-order valence-corrected chi connectivity index (χ1v) is 6.62. The second kappa shape index (κ2) is 6.19. The third kappa shape index (κ3) is 4.35. The highest BCUT2D eigenvalue weighted by molar-refractivity contribution is 5.91. The number of carbonyl (C=O) groups is 2. The van der Waals surface area contributed by atoms with E-state index in [0.29, 0.717) is 0 Å². The Morgan fingerprint density at radius 1 is 1.37 bits per heavy atom. The number of amides is 1. The number of carboxylic acids is 1. The molecule has 0 aromatic carbocycles. The molecule has 1 saturated heterocycles. The highest BCUT2D eigenvalue weighted by Crippen LogP contribution is 2.24. The molecule has 1 rings (SSSR count). The van der Waals surface area contributed by atoms with Gasteiger partial charge in [0.2, 0.25) is 5.91 Å². The molecule has 1 atom stereocenters. The zero-order valence-electron chi connectivity index (χ0n) is 12.2. The summed E-state index contributed by atoms with van der Waals surface area (Å²) < 4.78 is 0. The van der Waals surface area contributed by atoms with Crippen molar-refractivity contribution in [2.24, 2.45) is 5.41 Å². The minimum absolute atomic E-state index is 0.261. The van der Waals surface area contributed by atoms with Crippen LogP contribution in [0.15, 0.2) is 12.2 Å². The van der Waals surface area contributed by atoms with E-state index in [-0.39, 0.29) is 5.91 Å². The zero-order valence-corrected chi connectivity index (χ0v) is 12.2. The van der Waals surface area contributed by atoms with Crippen molar-refractivity contribution in [1.82, 2.24) is 9.80 Å². The third-order valence-corrected chi connectivity index (χ3v) is 3.36. The molecule has 1 fully saturated rings. The maximum atomic E-state index is 12.0. The van der Waals surface area contributed by atoms with Crippen LogP contribution in [0.2, 0.25) is 0 Å². The van der Waals surface area contributed by atoms with E-state index >= 15 is 0 Å². The second-order valence-electron chi connectivity index (χ2n) is 6.11. The molecule has 0 aromatic heterocycles. The van der Waals surface area contributed by atoms with Crippen molar-refractivity contribution in [2.75, 3.05) is 26.7 Å². The molecule has 0 radical (unpaired) electrons. The molecule has 0 spiro atoms. The standard InChI is InChI=1S/C14H24N2O3/c1-14(2,3)12(13(18)19)15(4)11(17)7-5-8-16-9-6-10-16/h5,7,12H,6,8-10H2,1-4H3,(H,18,19)/b7-5+. The van der Waals surface area contributed by atoms with E-state index in [1.165, 1.54) is 17.4 Å². The van der Waals surface area contributed by atoms with Crippen LogP contribution in [-0.2, 0) is 9.59 Å². The summed E-state index contributed by atoms with van der Waals surface area (Å²) in [7, 11) is 1.54. The topological polar surface area (TPSA) is 60.9 Å². The van der Waals surface area contributed by atoms with Gasteiger partial charge < -0.3 is 10.0 Å². The van der Waals surface area contributed by atoms with Crippen LogP contribution in [0.3, 0.4) is 0 Å². The van der Waals surface area contributed by atoms with Gasteiger partial charge in [-0.15, -0.1) is 0 Å². The molecule has 108 valence electrons. The van der Waals surface area contributed by atoms with E-state index in [2.05, 4.69) is 4.90 Å². The van der Waals surface area contributed by atoms with Crippen molar-refractivity contribution < 1.29 is 14.7 Å². The predicted octanol–water partition coefficient (Wildman–Crippen LogP) is 1.21. The van der Waals surface area contributed by atoms with E-state index < -0.39 is 17.4 Å². The van der Waals surface area contributed by atoms with Gasteiger partial charge in [0, 0.05) is 19.7 Å².